The van der Waals surface area contributed by atoms with Crippen LogP contribution in [0.1, 0.15) is 47.5 Å². The molecule has 0 radical (unpaired) electrons. The zero-order valence-corrected chi connectivity index (χ0v) is 12.3. The van der Waals surface area contributed by atoms with Gasteiger partial charge in [0.15, 0.2) is 0 Å². The number of carbonyl (C=O) groups excluding carboxylic acids is 1. The van der Waals surface area contributed by atoms with Gasteiger partial charge < -0.3 is 20.3 Å². The monoisotopic (exact) mass is 275 g/mol. The molecule has 0 heterocycles. The molecule has 0 rings (SSSR count). The number of aliphatic hydroxyl groups excluding tert-OH is 1. The van der Waals surface area contributed by atoms with Crippen molar-refractivity contribution in [3.8, 4) is 0 Å². The van der Waals surface area contributed by atoms with Gasteiger partial charge in [-0.05, 0) is 33.1 Å². The molecule has 3 N–H and O–H groups in total. The lowest BCUT2D eigenvalue weighted by atomic mass is 9.95. The lowest BCUT2D eigenvalue weighted by Gasteiger charge is -2.29. The summed E-state index contributed by atoms with van der Waals surface area (Å²) in [5, 5.41) is 21.1. The smallest absolute Gasteiger partial charge is 0.407 e. The maximum atomic E-state index is 11.7. The molecule has 2 atom stereocenters. The molecule has 0 fully saturated rings. The minimum absolute atomic E-state index is 0.0312. The number of hydrogen-bond donors (Lipinski definition) is 3. The van der Waals surface area contributed by atoms with Crippen LogP contribution >= 0.6 is 0 Å². The largest absolute Gasteiger partial charge is 0.481 e. The van der Waals surface area contributed by atoms with Crippen LogP contribution in [0.5, 0.6) is 0 Å². The van der Waals surface area contributed by atoms with Crippen LogP contribution in [0.4, 0.5) is 4.79 Å². The van der Waals surface area contributed by atoms with Gasteiger partial charge in [0.25, 0.3) is 0 Å². The molecule has 0 aromatic rings. The average molecular weight is 275 g/mol. The molecule has 0 saturated heterocycles. The molecule has 6 nitrogen and oxygen atoms in total. The summed E-state index contributed by atoms with van der Waals surface area (Å²) in [4.78, 5) is 22.1. The van der Waals surface area contributed by atoms with Gasteiger partial charge in [-0.1, -0.05) is 13.8 Å². The van der Waals surface area contributed by atoms with E-state index in [1.807, 2.05) is 13.8 Å². The van der Waals surface area contributed by atoms with Gasteiger partial charge in [-0.15, -0.1) is 0 Å². The highest BCUT2D eigenvalue weighted by molar-refractivity contribution is 5.68. The molecule has 0 aromatic heterocycles. The predicted octanol–water partition coefficient (Wildman–Crippen LogP) is 1.76. The summed E-state index contributed by atoms with van der Waals surface area (Å²) in [6.45, 7) is 8.92. The SMILES string of the molecule is CC(C)[C@H](NC(=O)OC(C)(C)C)C(O)CCC(=O)O. The van der Waals surface area contributed by atoms with Crippen molar-refractivity contribution < 1.29 is 24.5 Å². The van der Waals surface area contributed by atoms with Crippen LogP contribution in [0.25, 0.3) is 0 Å². The molecule has 0 aromatic carbocycles. The summed E-state index contributed by atoms with van der Waals surface area (Å²) in [5.41, 5.74) is -0.613. The first-order valence-electron chi connectivity index (χ1n) is 6.42. The second-order valence-electron chi connectivity index (χ2n) is 5.92. The van der Waals surface area contributed by atoms with Crippen LogP contribution in [0, 0.1) is 5.92 Å². The normalized spacial score (nSPS) is 14.9. The number of amides is 1. The highest BCUT2D eigenvalue weighted by atomic mass is 16.6. The van der Waals surface area contributed by atoms with Crippen molar-refractivity contribution in [3.05, 3.63) is 0 Å². The van der Waals surface area contributed by atoms with E-state index in [1.165, 1.54) is 0 Å². The average Bonchev–Trinajstić information content (AvgIpc) is 2.19. The highest BCUT2D eigenvalue weighted by Gasteiger charge is 2.27. The van der Waals surface area contributed by atoms with Gasteiger partial charge >= 0.3 is 12.1 Å². The van der Waals surface area contributed by atoms with Gasteiger partial charge in [0.05, 0.1) is 12.1 Å². The van der Waals surface area contributed by atoms with Crippen molar-refractivity contribution in [1.82, 2.24) is 5.32 Å². The summed E-state index contributed by atoms with van der Waals surface area (Å²) >= 11 is 0. The van der Waals surface area contributed by atoms with Gasteiger partial charge in [0.1, 0.15) is 5.60 Å². The van der Waals surface area contributed by atoms with Gasteiger partial charge in [-0.2, -0.15) is 0 Å². The molecule has 0 aliphatic rings. The number of ether oxygens (including phenoxy) is 1. The van der Waals surface area contributed by atoms with E-state index < -0.39 is 29.8 Å². The van der Waals surface area contributed by atoms with Gasteiger partial charge in [0.2, 0.25) is 0 Å². The van der Waals surface area contributed by atoms with E-state index in [9.17, 15) is 14.7 Å². The highest BCUT2D eigenvalue weighted by Crippen LogP contribution is 2.13. The predicted molar refractivity (Wildman–Crippen MR) is 70.9 cm³/mol. The van der Waals surface area contributed by atoms with Crippen LogP contribution in [0.15, 0.2) is 0 Å². The van der Waals surface area contributed by atoms with Crippen molar-refractivity contribution in [1.29, 1.82) is 0 Å². The summed E-state index contributed by atoms with van der Waals surface area (Å²) in [5.74, 6) is -1.00. The minimum Gasteiger partial charge on any atom is -0.481 e. The molecule has 0 bridgehead atoms. The van der Waals surface area contributed by atoms with Crippen LogP contribution in [0.3, 0.4) is 0 Å². The van der Waals surface area contributed by atoms with Crippen molar-refractivity contribution in [2.24, 2.45) is 5.92 Å². The van der Waals surface area contributed by atoms with Crippen molar-refractivity contribution in [2.75, 3.05) is 0 Å². The number of nitrogens with one attached hydrogen (secondary N) is 1. The fourth-order valence-electron chi connectivity index (χ4n) is 1.60. The molecule has 19 heavy (non-hydrogen) atoms. The summed E-state index contributed by atoms with van der Waals surface area (Å²) in [6, 6.07) is -0.533. The molecule has 112 valence electrons. The molecule has 0 saturated carbocycles. The molecule has 1 unspecified atom stereocenters. The Morgan fingerprint density at radius 3 is 2.16 bits per heavy atom. The van der Waals surface area contributed by atoms with E-state index >= 15 is 0 Å². The Morgan fingerprint density at radius 1 is 1.26 bits per heavy atom. The number of carboxylic acid groups (broad SMARTS) is 1. The third kappa shape index (κ3) is 8.42. The lowest BCUT2D eigenvalue weighted by molar-refractivity contribution is -0.137. The Hall–Kier alpha value is -1.30. The summed E-state index contributed by atoms with van der Waals surface area (Å²) in [7, 11) is 0. The molecule has 0 spiro atoms. The standard InChI is InChI=1S/C13H25NO5/c1-8(2)11(9(15)6-7-10(16)17)14-12(18)19-13(3,4)5/h8-9,11,15H,6-7H2,1-5H3,(H,14,18)(H,16,17)/t9?,11-/m0/s1. The number of hydrogen-bond acceptors (Lipinski definition) is 4. The Bertz CT molecular complexity index is 309. The van der Waals surface area contributed by atoms with Crippen molar-refractivity contribution in [2.45, 2.75) is 65.2 Å². The fourth-order valence-corrected chi connectivity index (χ4v) is 1.60. The van der Waals surface area contributed by atoms with Crippen LogP contribution in [-0.4, -0.2) is 40.0 Å². The molecular formula is C13H25NO5. The molecule has 6 heteroatoms. The maximum Gasteiger partial charge on any atom is 0.407 e. The van der Waals surface area contributed by atoms with E-state index in [2.05, 4.69) is 5.32 Å². The quantitative estimate of drug-likeness (QED) is 0.686. The van der Waals surface area contributed by atoms with Crippen LogP contribution < -0.4 is 5.32 Å². The van der Waals surface area contributed by atoms with Crippen molar-refractivity contribution in [3.63, 3.8) is 0 Å². The first-order chi connectivity index (χ1) is 8.53. The third-order valence-corrected chi connectivity index (χ3v) is 2.47. The molecular weight excluding hydrogens is 250 g/mol. The zero-order chi connectivity index (χ0) is 15.2. The first kappa shape index (κ1) is 17.7. The Kier molecular flexibility index (Phi) is 6.83. The maximum absolute atomic E-state index is 11.7. The summed E-state index contributed by atoms with van der Waals surface area (Å²) in [6.07, 6.45) is -1.57. The van der Waals surface area contributed by atoms with Crippen molar-refractivity contribution >= 4 is 12.1 Å². The zero-order valence-electron chi connectivity index (χ0n) is 12.3. The van der Waals surface area contributed by atoms with E-state index in [-0.39, 0.29) is 18.8 Å². The number of aliphatic carboxylic acids is 1. The molecule has 0 aliphatic carbocycles. The fraction of sp³-hybridized carbons (Fsp3) is 0.846. The third-order valence-electron chi connectivity index (χ3n) is 2.47. The van der Waals surface area contributed by atoms with E-state index in [4.69, 9.17) is 9.84 Å². The van der Waals surface area contributed by atoms with Gasteiger partial charge in [-0.25, -0.2) is 4.79 Å². The minimum atomic E-state index is -0.973. The second-order valence-corrected chi connectivity index (χ2v) is 5.92. The van der Waals surface area contributed by atoms with Gasteiger partial charge in [-0.3, -0.25) is 4.79 Å². The Balaban J connectivity index is 4.48. The topological polar surface area (TPSA) is 95.9 Å². The van der Waals surface area contributed by atoms with Gasteiger partial charge in [0, 0.05) is 6.42 Å². The van der Waals surface area contributed by atoms with E-state index in [0.717, 1.165) is 0 Å². The number of aliphatic hydroxyl groups is 1. The summed E-state index contributed by atoms with van der Waals surface area (Å²) < 4.78 is 5.12. The molecule has 0 aliphatic heterocycles. The Labute approximate surface area is 114 Å². The number of carbonyl (C=O) groups is 2. The lowest BCUT2D eigenvalue weighted by Crippen LogP contribution is -2.48. The van der Waals surface area contributed by atoms with Crippen LogP contribution in [-0.2, 0) is 9.53 Å². The van der Waals surface area contributed by atoms with E-state index in [0.29, 0.717) is 0 Å². The number of rotatable bonds is 6. The Morgan fingerprint density at radius 2 is 1.79 bits per heavy atom. The second kappa shape index (κ2) is 7.33. The first-order valence-corrected chi connectivity index (χ1v) is 6.42. The molecule has 1 amide bonds. The number of carboxylic acids is 1. The number of alkyl carbamates (subject to hydrolysis) is 1. The van der Waals surface area contributed by atoms with Crippen LogP contribution in [0.2, 0.25) is 0 Å². The van der Waals surface area contributed by atoms with E-state index in [1.54, 1.807) is 20.8 Å².